The summed E-state index contributed by atoms with van der Waals surface area (Å²) in [6, 6.07) is 8.30. The van der Waals surface area contributed by atoms with Crippen LogP contribution in [0.25, 0.3) is 0 Å². The summed E-state index contributed by atoms with van der Waals surface area (Å²) in [4.78, 5) is 2.62. The Labute approximate surface area is 118 Å². The standard InChI is InChI=1S/C17H28N2/c1-3-17(4-2)9-12-19(13-10-17)11-8-15-6-5-7-16(18)14-15/h5-7,14H,3-4,8-13,18H2,1-2H3. The number of hydrogen-bond donors (Lipinski definition) is 1. The number of hydrogen-bond acceptors (Lipinski definition) is 2. The van der Waals surface area contributed by atoms with E-state index >= 15 is 0 Å². The van der Waals surface area contributed by atoms with Crippen molar-refractivity contribution in [1.82, 2.24) is 4.90 Å². The number of anilines is 1. The number of piperidine rings is 1. The average molecular weight is 260 g/mol. The Hall–Kier alpha value is -1.02. The Kier molecular flexibility index (Phi) is 4.87. The van der Waals surface area contributed by atoms with Gasteiger partial charge in [0.25, 0.3) is 0 Å². The monoisotopic (exact) mass is 260 g/mol. The molecule has 2 rings (SSSR count). The van der Waals surface area contributed by atoms with Gasteiger partial charge < -0.3 is 10.6 Å². The van der Waals surface area contributed by atoms with E-state index in [2.05, 4.69) is 36.9 Å². The number of nitrogens with two attached hydrogens (primary N) is 1. The molecule has 0 bridgehead atoms. The molecular weight excluding hydrogens is 232 g/mol. The molecule has 19 heavy (non-hydrogen) atoms. The van der Waals surface area contributed by atoms with Crippen molar-refractivity contribution in [3.63, 3.8) is 0 Å². The lowest BCUT2D eigenvalue weighted by Crippen LogP contribution is -2.40. The summed E-state index contributed by atoms with van der Waals surface area (Å²) in [5, 5.41) is 0. The molecule has 1 aromatic carbocycles. The van der Waals surface area contributed by atoms with Gasteiger partial charge in [-0.05, 0) is 55.5 Å². The molecular formula is C17H28N2. The normalized spacial score (nSPS) is 19.5. The minimum absolute atomic E-state index is 0.633. The van der Waals surface area contributed by atoms with Gasteiger partial charge in [-0.2, -0.15) is 0 Å². The summed E-state index contributed by atoms with van der Waals surface area (Å²) >= 11 is 0. The Balaban J connectivity index is 1.80. The average Bonchev–Trinajstić information content (AvgIpc) is 2.46. The number of likely N-dealkylation sites (tertiary alicyclic amines) is 1. The highest BCUT2D eigenvalue weighted by molar-refractivity contribution is 5.40. The topological polar surface area (TPSA) is 29.3 Å². The molecule has 0 atom stereocenters. The van der Waals surface area contributed by atoms with E-state index in [1.165, 1.54) is 50.9 Å². The van der Waals surface area contributed by atoms with Crippen LogP contribution in [0.1, 0.15) is 45.1 Å². The highest BCUT2D eigenvalue weighted by Gasteiger charge is 2.30. The zero-order valence-corrected chi connectivity index (χ0v) is 12.5. The Morgan fingerprint density at radius 2 is 1.84 bits per heavy atom. The van der Waals surface area contributed by atoms with Crippen LogP contribution in [0.3, 0.4) is 0 Å². The van der Waals surface area contributed by atoms with Crippen LogP contribution < -0.4 is 5.73 Å². The van der Waals surface area contributed by atoms with E-state index in [1.54, 1.807) is 0 Å². The zero-order chi connectivity index (χ0) is 13.7. The molecule has 1 saturated heterocycles. The summed E-state index contributed by atoms with van der Waals surface area (Å²) in [6.07, 6.45) is 6.54. The minimum atomic E-state index is 0.633. The molecule has 2 nitrogen and oxygen atoms in total. The zero-order valence-electron chi connectivity index (χ0n) is 12.5. The van der Waals surface area contributed by atoms with Crippen molar-refractivity contribution in [2.75, 3.05) is 25.4 Å². The van der Waals surface area contributed by atoms with Gasteiger partial charge in [-0.1, -0.05) is 38.8 Å². The molecule has 1 aromatic rings. The second-order valence-electron chi connectivity index (χ2n) is 6.04. The van der Waals surface area contributed by atoms with Gasteiger partial charge in [0.15, 0.2) is 0 Å². The van der Waals surface area contributed by atoms with Crippen molar-refractivity contribution >= 4 is 5.69 Å². The van der Waals surface area contributed by atoms with Crippen molar-refractivity contribution in [2.24, 2.45) is 5.41 Å². The number of nitrogen functional groups attached to an aromatic ring is 1. The molecule has 106 valence electrons. The summed E-state index contributed by atoms with van der Waals surface area (Å²) in [6.45, 7) is 8.42. The van der Waals surface area contributed by atoms with Crippen molar-refractivity contribution in [1.29, 1.82) is 0 Å². The Morgan fingerprint density at radius 1 is 1.16 bits per heavy atom. The molecule has 0 amide bonds. The third kappa shape index (κ3) is 3.73. The lowest BCUT2D eigenvalue weighted by Gasteiger charge is -2.41. The van der Waals surface area contributed by atoms with E-state index < -0.39 is 0 Å². The second kappa shape index (κ2) is 6.42. The molecule has 0 radical (unpaired) electrons. The fourth-order valence-corrected chi connectivity index (χ4v) is 3.24. The summed E-state index contributed by atoms with van der Waals surface area (Å²) < 4.78 is 0. The van der Waals surface area contributed by atoms with Crippen molar-refractivity contribution in [2.45, 2.75) is 46.0 Å². The Bertz CT molecular complexity index is 386. The van der Waals surface area contributed by atoms with Gasteiger partial charge >= 0.3 is 0 Å². The smallest absolute Gasteiger partial charge is 0.0316 e. The first kappa shape index (κ1) is 14.4. The van der Waals surface area contributed by atoms with Crippen LogP contribution in [0.4, 0.5) is 5.69 Å². The highest BCUT2D eigenvalue weighted by atomic mass is 15.1. The third-order valence-electron chi connectivity index (χ3n) is 5.08. The maximum atomic E-state index is 5.83. The van der Waals surface area contributed by atoms with Crippen LogP contribution in [-0.4, -0.2) is 24.5 Å². The summed E-state index contributed by atoms with van der Waals surface area (Å²) in [5.41, 5.74) is 8.70. The van der Waals surface area contributed by atoms with Crippen LogP contribution in [0, 0.1) is 5.41 Å². The van der Waals surface area contributed by atoms with Gasteiger partial charge in [0.2, 0.25) is 0 Å². The third-order valence-corrected chi connectivity index (χ3v) is 5.08. The second-order valence-corrected chi connectivity index (χ2v) is 6.04. The molecule has 1 heterocycles. The van der Waals surface area contributed by atoms with Gasteiger partial charge in [0.05, 0.1) is 0 Å². The molecule has 1 fully saturated rings. The van der Waals surface area contributed by atoms with Crippen LogP contribution >= 0.6 is 0 Å². The largest absolute Gasteiger partial charge is 0.399 e. The first-order valence-corrected chi connectivity index (χ1v) is 7.74. The minimum Gasteiger partial charge on any atom is -0.399 e. The van der Waals surface area contributed by atoms with Crippen LogP contribution in [0.15, 0.2) is 24.3 Å². The molecule has 1 aliphatic heterocycles. The van der Waals surface area contributed by atoms with E-state index in [-0.39, 0.29) is 0 Å². The molecule has 0 aromatic heterocycles. The highest BCUT2D eigenvalue weighted by Crippen LogP contribution is 2.37. The van der Waals surface area contributed by atoms with Gasteiger partial charge in [0, 0.05) is 12.2 Å². The van der Waals surface area contributed by atoms with E-state index in [1.807, 2.05) is 6.07 Å². The van der Waals surface area contributed by atoms with Crippen LogP contribution in [-0.2, 0) is 6.42 Å². The molecule has 2 heteroatoms. The van der Waals surface area contributed by atoms with Gasteiger partial charge in [-0.3, -0.25) is 0 Å². The Morgan fingerprint density at radius 3 is 2.42 bits per heavy atom. The van der Waals surface area contributed by atoms with E-state index in [0.717, 1.165) is 12.1 Å². The SMILES string of the molecule is CCC1(CC)CCN(CCc2cccc(N)c2)CC1. The van der Waals surface area contributed by atoms with Gasteiger partial charge in [-0.25, -0.2) is 0 Å². The van der Waals surface area contributed by atoms with E-state index in [0.29, 0.717) is 5.41 Å². The van der Waals surface area contributed by atoms with Crippen LogP contribution in [0.2, 0.25) is 0 Å². The fraction of sp³-hybridized carbons (Fsp3) is 0.647. The molecule has 2 N–H and O–H groups in total. The van der Waals surface area contributed by atoms with E-state index in [9.17, 15) is 0 Å². The summed E-state index contributed by atoms with van der Waals surface area (Å²) in [7, 11) is 0. The molecule has 0 unspecified atom stereocenters. The van der Waals surface area contributed by atoms with E-state index in [4.69, 9.17) is 5.73 Å². The first-order valence-electron chi connectivity index (χ1n) is 7.74. The maximum Gasteiger partial charge on any atom is 0.0316 e. The number of benzene rings is 1. The maximum absolute atomic E-state index is 5.83. The van der Waals surface area contributed by atoms with Crippen LogP contribution in [0.5, 0.6) is 0 Å². The lowest BCUT2D eigenvalue weighted by molar-refractivity contribution is 0.0963. The molecule has 0 saturated carbocycles. The fourth-order valence-electron chi connectivity index (χ4n) is 3.24. The lowest BCUT2D eigenvalue weighted by atomic mass is 9.74. The number of rotatable bonds is 5. The molecule has 0 aliphatic carbocycles. The predicted octanol–water partition coefficient (Wildman–Crippen LogP) is 3.71. The van der Waals surface area contributed by atoms with Crippen molar-refractivity contribution in [3.8, 4) is 0 Å². The van der Waals surface area contributed by atoms with Crippen molar-refractivity contribution < 1.29 is 0 Å². The van der Waals surface area contributed by atoms with Gasteiger partial charge in [0.1, 0.15) is 0 Å². The quantitative estimate of drug-likeness (QED) is 0.818. The van der Waals surface area contributed by atoms with Gasteiger partial charge in [-0.15, -0.1) is 0 Å². The molecule has 1 aliphatic rings. The first-order chi connectivity index (χ1) is 9.17. The van der Waals surface area contributed by atoms with Crippen molar-refractivity contribution in [3.05, 3.63) is 29.8 Å². The predicted molar refractivity (Wildman–Crippen MR) is 83.2 cm³/mol. The summed E-state index contributed by atoms with van der Waals surface area (Å²) in [5.74, 6) is 0. The molecule has 0 spiro atoms. The number of nitrogens with zero attached hydrogens (tertiary/aromatic N) is 1.